The Hall–Kier alpha value is -2.79. The highest BCUT2D eigenvalue weighted by molar-refractivity contribution is 5.75. The van der Waals surface area contributed by atoms with Crippen LogP contribution in [0.4, 0.5) is 10.2 Å². The molecular weight excluding hydrogens is 329 g/mol. The van der Waals surface area contributed by atoms with Crippen LogP contribution in [0.1, 0.15) is 17.5 Å². The van der Waals surface area contributed by atoms with Gasteiger partial charge in [-0.1, -0.05) is 24.3 Å². The number of aliphatic hydroxyl groups excluding tert-OH is 1. The first-order valence-corrected chi connectivity index (χ1v) is 8.86. The van der Waals surface area contributed by atoms with Gasteiger partial charge in [0.1, 0.15) is 11.6 Å². The van der Waals surface area contributed by atoms with E-state index < -0.39 is 0 Å². The van der Waals surface area contributed by atoms with Crippen molar-refractivity contribution in [2.45, 2.75) is 19.3 Å². The summed E-state index contributed by atoms with van der Waals surface area (Å²) in [5, 5.41) is 12.4. The Morgan fingerprint density at radius 3 is 2.62 bits per heavy atom. The van der Waals surface area contributed by atoms with Gasteiger partial charge in [0.25, 0.3) is 0 Å². The van der Waals surface area contributed by atoms with Crippen LogP contribution in [0.5, 0.6) is 0 Å². The number of fused-ring (bicyclic) bond motifs is 3. The predicted octanol–water partition coefficient (Wildman–Crippen LogP) is 3.84. The Kier molecular flexibility index (Phi) is 4.63. The molecule has 0 aliphatic heterocycles. The highest BCUT2D eigenvalue weighted by Crippen LogP contribution is 2.35. The van der Waals surface area contributed by atoms with Gasteiger partial charge < -0.3 is 10.4 Å². The van der Waals surface area contributed by atoms with Crippen LogP contribution < -0.4 is 5.32 Å². The number of aromatic nitrogens is 2. The molecule has 2 N–H and O–H groups in total. The van der Waals surface area contributed by atoms with Crippen molar-refractivity contribution in [2.24, 2.45) is 0 Å². The van der Waals surface area contributed by atoms with Gasteiger partial charge >= 0.3 is 0 Å². The third-order valence-electron chi connectivity index (χ3n) is 4.66. The van der Waals surface area contributed by atoms with E-state index in [1.807, 2.05) is 6.07 Å². The molecule has 3 aromatic rings. The van der Waals surface area contributed by atoms with Gasteiger partial charge in [-0.25, -0.2) is 14.4 Å². The van der Waals surface area contributed by atoms with Crippen molar-refractivity contribution >= 4 is 5.82 Å². The molecule has 1 aliphatic carbocycles. The molecule has 0 saturated heterocycles. The quantitative estimate of drug-likeness (QED) is 0.751. The maximum Gasteiger partial charge on any atom is 0.162 e. The van der Waals surface area contributed by atoms with E-state index in [9.17, 15) is 9.50 Å². The van der Waals surface area contributed by atoms with E-state index >= 15 is 0 Å². The van der Waals surface area contributed by atoms with Gasteiger partial charge in [0, 0.05) is 23.2 Å². The summed E-state index contributed by atoms with van der Waals surface area (Å²) in [7, 11) is 0. The molecule has 26 heavy (non-hydrogen) atoms. The summed E-state index contributed by atoms with van der Waals surface area (Å²) in [6.07, 6.45) is 2.90. The van der Waals surface area contributed by atoms with E-state index in [0.29, 0.717) is 12.4 Å². The van der Waals surface area contributed by atoms with Gasteiger partial charge in [-0.3, -0.25) is 0 Å². The molecule has 0 saturated carbocycles. The lowest BCUT2D eigenvalue weighted by Gasteiger charge is -2.15. The van der Waals surface area contributed by atoms with Gasteiger partial charge in [0.05, 0.1) is 12.3 Å². The first kappa shape index (κ1) is 16.7. The minimum Gasteiger partial charge on any atom is -0.395 e. The van der Waals surface area contributed by atoms with Crippen LogP contribution in [-0.2, 0) is 12.8 Å². The zero-order valence-electron chi connectivity index (χ0n) is 14.4. The number of hydrogen-bond donors (Lipinski definition) is 2. The fourth-order valence-electron chi connectivity index (χ4n) is 3.42. The van der Waals surface area contributed by atoms with E-state index in [-0.39, 0.29) is 12.4 Å². The predicted molar refractivity (Wildman–Crippen MR) is 100 cm³/mol. The molecule has 2 aromatic carbocycles. The van der Waals surface area contributed by atoms with Crippen molar-refractivity contribution in [1.82, 2.24) is 9.97 Å². The summed E-state index contributed by atoms with van der Waals surface area (Å²) in [5.41, 5.74) is 5.17. The summed E-state index contributed by atoms with van der Waals surface area (Å²) in [6.45, 7) is 0.454. The molecule has 0 atom stereocenters. The number of benzene rings is 2. The van der Waals surface area contributed by atoms with Crippen molar-refractivity contribution in [1.29, 1.82) is 0 Å². The monoisotopic (exact) mass is 349 g/mol. The third-order valence-corrected chi connectivity index (χ3v) is 4.66. The maximum atomic E-state index is 13.3. The van der Waals surface area contributed by atoms with E-state index in [2.05, 4.69) is 28.5 Å². The molecule has 0 bridgehead atoms. The average molecular weight is 349 g/mol. The topological polar surface area (TPSA) is 58.0 Å². The van der Waals surface area contributed by atoms with Gasteiger partial charge in [0.15, 0.2) is 5.82 Å². The van der Waals surface area contributed by atoms with E-state index in [1.165, 1.54) is 17.7 Å². The fraction of sp³-hybridized carbons (Fsp3) is 0.238. The Morgan fingerprint density at radius 1 is 1.00 bits per heavy atom. The van der Waals surface area contributed by atoms with Crippen molar-refractivity contribution in [3.05, 3.63) is 65.5 Å². The SMILES string of the molecule is OCCNc1nc(-c2ccc(F)cc2)nc2c1CCCc1ccccc1-2. The van der Waals surface area contributed by atoms with Crippen LogP contribution in [0.15, 0.2) is 48.5 Å². The number of anilines is 1. The van der Waals surface area contributed by atoms with Crippen molar-refractivity contribution in [3.8, 4) is 22.6 Å². The number of nitrogens with one attached hydrogen (secondary N) is 1. The molecule has 1 aromatic heterocycles. The number of halogens is 1. The summed E-state index contributed by atoms with van der Waals surface area (Å²) < 4.78 is 13.3. The Labute approximate surface area is 151 Å². The normalized spacial score (nSPS) is 12.8. The lowest BCUT2D eigenvalue weighted by Crippen LogP contribution is -2.12. The van der Waals surface area contributed by atoms with Gasteiger partial charge in [0.2, 0.25) is 0 Å². The molecule has 0 fully saturated rings. The maximum absolute atomic E-state index is 13.3. The van der Waals surface area contributed by atoms with E-state index in [0.717, 1.165) is 47.5 Å². The van der Waals surface area contributed by atoms with E-state index in [1.54, 1.807) is 12.1 Å². The zero-order valence-corrected chi connectivity index (χ0v) is 14.4. The first-order valence-electron chi connectivity index (χ1n) is 8.86. The van der Waals surface area contributed by atoms with Crippen LogP contribution in [0.2, 0.25) is 0 Å². The second-order valence-corrected chi connectivity index (χ2v) is 6.39. The van der Waals surface area contributed by atoms with Crippen LogP contribution >= 0.6 is 0 Å². The van der Waals surface area contributed by atoms with Crippen LogP contribution in [0, 0.1) is 5.82 Å². The molecule has 1 heterocycles. The molecule has 4 nitrogen and oxygen atoms in total. The minimum absolute atomic E-state index is 0.0290. The number of aliphatic hydroxyl groups is 1. The first-order chi connectivity index (χ1) is 12.8. The lowest BCUT2D eigenvalue weighted by molar-refractivity contribution is 0.311. The molecule has 132 valence electrons. The lowest BCUT2D eigenvalue weighted by atomic mass is 10.0. The molecule has 1 aliphatic rings. The Balaban J connectivity index is 1.91. The molecule has 0 radical (unpaired) electrons. The second kappa shape index (κ2) is 7.22. The van der Waals surface area contributed by atoms with Crippen molar-refractivity contribution in [3.63, 3.8) is 0 Å². The summed E-state index contributed by atoms with van der Waals surface area (Å²) in [4.78, 5) is 9.53. The average Bonchev–Trinajstić information content (AvgIpc) is 2.86. The molecule has 0 unspecified atom stereocenters. The van der Waals surface area contributed by atoms with Gasteiger partial charge in [-0.2, -0.15) is 0 Å². The molecular formula is C21H20FN3O. The van der Waals surface area contributed by atoms with Crippen molar-refractivity contribution in [2.75, 3.05) is 18.5 Å². The van der Waals surface area contributed by atoms with Crippen molar-refractivity contribution < 1.29 is 9.50 Å². The Morgan fingerprint density at radius 2 is 1.81 bits per heavy atom. The molecule has 4 rings (SSSR count). The number of hydrogen-bond acceptors (Lipinski definition) is 4. The second-order valence-electron chi connectivity index (χ2n) is 6.39. The Bertz CT molecular complexity index is 925. The highest BCUT2D eigenvalue weighted by Gasteiger charge is 2.21. The minimum atomic E-state index is -0.285. The van der Waals surface area contributed by atoms with Crippen LogP contribution in [0.3, 0.4) is 0 Å². The number of nitrogens with zero attached hydrogens (tertiary/aromatic N) is 2. The smallest absolute Gasteiger partial charge is 0.162 e. The van der Waals surface area contributed by atoms with Crippen LogP contribution in [0.25, 0.3) is 22.6 Å². The zero-order chi connectivity index (χ0) is 17.9. The molecule has 0 amide bonds. The van der Waals surface area contributed by atoms with Gasteiger partial charge in [-0.15, -0.1) is 0 Å². The van der Waals surface area contributed by atoms with Gasteiger partial charge in [-0.05, 0) is 49.1 Å². The van der Waals surface area contributed by atoms with E-state index in [4.69, 9.17) is 4.98 Å². The number of aryl methyl sites for hydroxylation is 1. The fourth-order valence-corrected chi connectivity index (χ4v) is 3.42. The van der Waals surface area contributed by atoms with Crippen LogP contribution in [-0.4, -0.2) is 28.2 Å². The summed E-state index contributed by atoms with van der Waals surface area (Å²) in [5.74, 6) is 1.02. The summed E-state index contributed by atoms with van der Waals surface area (Å²) in [6, 6.07) is 14.5. The standard InChI is InChI=1S/C21H20FN3O/c22-16-10-8-15(9-11-16)20-24-19-17-6-2-1-4-14(17)5-3-7-18(19)21(25-20)23-12-13-26/h1-2,4,6,8-11,26H,3,5,7,12-13H2,(H,23,24,25). The molecule has 0 spiro atoms. The molecule has 5 heteroatoms. The number of rotatable bonds is 4. The third kappa shape index (κ3) is 3.18. The summed E-state index contributed by atoms with van der Waals surface area (Å²) >= 11 is 0. The largest absolute Gasteiger partial charge is 0.395 e. The highest BCUT2D eigenvalue weighted by atomic mass is 19.1.